The smallest absolute Gasteiger partial charge is 0.234 e. The average molecular weight is 155 g/mol. The van der Waals surface area contributed by atoms with Crippen molar-refractivity contribution in [2.45, 2.75) is 26.3 Å². The van der Waals surface area contributed by atoms with Gasteiger partial charge in [-0.15, -0.1) is 0 Å². The van der Waals surface area contributed by atoms with Crippen LogP contribution in [0.5, 0.6) is 0 Å². The molecule has 0 bridgehead atoms. The zero-order valence-corrected chi connectivity index (χ0v) is 6.79. The Morgan fingerprint density at radius 2 is 2.27 bits per heavy atom. The van der Waals surface area contributed by atoms with Crippen molar-refractivity contribution in [3.63, 3.8) is 0 Å². The number of nitriles is 1. The Morgan fingerprint density at radius 1 is 1.73 bits per heavy atom. The predicted octanol–water partition coefficient (Wildman–Crippen LogP) is -0.0429. The SMILES string of the molecule is CC(C)C(N)CC(=O)NC#N. The zero-order valence-electron chi connectivity index (χ0n) is 6.79. The van der Waals surface area contributed by atoms with Gasteiger partial charge in [0.15, 0.2) is 6.19 Å². The number of carbonyl (C=O) groups excluding carboxylic acids is 1. The Kier molecular flexibility index (Phi) is 4.23. The van der Waals surface area contributed by atoms with Crippen LogP contribution < -0.4 is 11.1 Å². The van der Waals surface area contributed by atoms with Gasteiger partial charge in [-0.05, 0) is 5.92 Å². The third-order valence-corrected chi connectivity index (χ3v) is 1.47. The Bertz CT molecular complexity index is 171. The van der Waals surface area contributed by atoms with Crippen LogP contribution in [-0.2, 0) is 4.79 Å². The lowest BCUT2D eigenvalue weighted by atomic mass is 10.0. The first-order valence-electron chi connectivity index (χ1n) is 3.51. The Labute approximate surface area is 66.4 Å². The summed E-state index contributed by atoms with van der Waals surface area (Å²) in [5.74, 6) is -0.0480. The summed E-state index contributed by atoms with van der Waals surface area (Å²) in [4.78, 5) is 10.7. The number of hydrogen-bond donors (Lipinski definition) is 2. The van der Waals surface area contributed by atoms with Gasteiger partial charge in [-0.2, -0.15) is 5.26 Å². The van der Waals surface area contributed by atoms with Gasteiger partial charge >= 0.3 is 0 Å². The lowest BCUT2D eigenvalue weighted by molar-refractivity contribution is -0.120. The lowest BCUT2D eigenvalue weighted by Gasteiger charge is -2.12. The van der Waals surface area contributed by atoms with Gasteiger partial charge in [0.2, 0.25) is 5.91 Å². The summed E-state index contributed by atoms with van der Waals surface area (Å²) >= 11 is 0. The average Bonchev–Trinajstić information content (AvgIpc) is 1.87. The molecule has 4 nitrogen and oxygen atoms in total. The molecule has 1 unspecified atom stereocenters. The van der Waals surface area contributed by atoms with E-state index in [1.807, 2.05) is 19.2 Å². The van der Waals surface area contributed by atoms with Crippen molar-refractivity contribution < 1.29 is 4.79 Å². The monoisotopic (exact) mass is 155 g/mol. The van der Waals surface area contributed by atoms with Gasteiger partial charge in [0, 0.05) is 12.5 Å². The largest absolute Gasteiger partial charge is 0.327 e. The van der Waals surface area contributed by atoms with Crippen LogP contribution in [0, 0.1) is 17.4 Å². The van der Waals surface area contributed by atoms with E-state index in [0.29, 0.717) is 0 Å². The number of carbonyl (C=O) groups is 1. The van der Waals surface area contributed by atoms with Crippen molar-refractivity contribution in [3.05, 3.63) is 0 Å². The maximum atomic E-state index is 10.7. The Morgan fingerprint density at radius 3 is 2.64 bits per heavy atom. The first-order valence-corrected chi connectivity index (χ1v) is 3.51. The topological polar surface area (TPSA) is 78.9 Å². The lowest BCUT2D eigenvalue weighted by Crippen LogP contribution is -2.33. The van der Waals surface area contributed by atoms with Crippen molar-refractivity contribution in [1.82, 2.24) is 5.32 Å². The maximum absolute atomic E-state index is 10.7. The fourth-order valence-corrected chi connectivity index (χ4v) is 0.563. The number of rotatable bonds is 3. The van der Waals surface area contributed by atoms with Crippen molar-refractivity contribution in [1.29, 1.82) is 5.26 Å². The highest BCUT2D eigenvalue weighted by Crippen LogP contribution is 2.01. The molecule has 0 aromatic carbocycles. The molecule has 0 fully saturated rings. The van der Waals surface area contributed by atoms with E-state index in [-0.39, 0.29) is 24.3 Å². The summed E-state index contributed by atoms with van der Waals surface area (Å²) in [5, 5.41) is 10.1. The van der Waals surface area contributed by atoms with Crippen LogP contribution >= 0.6 is 0 Å². The van der Waals surface area contributed by atoms with Gasteiger partial charge < -0.3 is 5.73 Å². The molecule has 0 radical (unpaired) electrons. The molecule has 11 heavy (non-hydrogen) atoms. The highest BCUT2D eigenvalue weighted by atomic mass is 16.1. The summed E-state index contributed by atoms with van der Waals surface area (Å²) in [6.45, 7) is 3.87. The molecule has 0 aromatic heterocycles. The van der Waals surface area contributed by atoms with E-state index in [0.717, 1.165) is 0 Å². The molecule has 0 aliphatic heterocycles. The van der Waals surface area contributed by atoms with Gasteiger partial charge in [-0.25, -0.2) is 0 Å². The van der Waals surface area contributed by atoms with E-state index in [1.165, 1.54) is 0 Å². The first kappa shape index (κ1) is 9.92. The van der Waals surface area contributed by atoms with Crippen LogP contribution in [0.25, 0.3) is 0 Å². The summed E-state index contributed by atoms with van der Waals surface area (Å²) in [6.07, 6.45) is 1.77. The second kappa shape index (κ2) is 4.69. The van der Waals surface area contributed by atoms with E-state index in [2.05, 4.69) is 0 Å². The summed E-state index contributed by atoms with van der Waals surface area (Å²) < 4.78 is 0. The van der Waals surface area contributed by atoms with Gasteiger partial charge in [-0.1, -0.05) is 13.8 Å². The molecule has 1 atom stereocenters. The molecule has 0 rings (SSSR count). The van der Waals surface area contributed by atoms with Gasteiger partial charge in [-0.3, -0.25) is 10.1 Å². The van der Waals surface area contributed by atoms with Crippen molar-refractivity contribution in [3.8, 4) is 6.19 Å². The second-order valence-electron chi connectivity index (χ2n) is 2.77. The van der Waals surface area contributed by atoms with Crippen LogP contribution in [0.4, 0.5) is 0 Å². The zero-order chi connectivity index (χ0) is 8.85. The molecule has 0 aromatic rings. The molecule has 0 saturated carbocycles. The number of amides is 1. The van der Waals surface area contributed by atoms with Crippen molar-refractivity contribution in [2.75, 3.05) is 0 Å². The van der Waals surface area contributed by atoms with Gasteiger partial charge in [0.05, 0.1) is 0 Å². The van der Waals surface area contributed by atoms with E-state index in [1.54, 1.807) is 6.19 Å². The quantitative estimate of drug-likeness (QED) is 0.443. The number of nitrogens with one attached hydrogen (secondary N) is 1. The minimum absolute atomic E-state index is 0.164. The minimum Gasteiger partial charge on any atom is -0.327 e. The molecular weight excluding hydrogens is 142 g/mol. The molecule has 0 aliphatic carbocycles. The number of nitrogens with zero attached hydrogens (tertiary/aromatic N) is 1. The minimum atomic E-state index is -0.311. The summed E-state index contributed by atoms with van der Waals surface area (Å²) in [7, 11) is 0. The third-order valence-electron chi connectivity index (χ3n) is 1.47. The highest BCUT2D eigenvalue weighted by Gasteiger charge is 2.11. The fraction of sp³-hybridized carbons (Fsp3) is 0.714. The predicted molar refractivity (Wildman–Crippen MR) is 41.2 cm³/mol. The molecule has 0 saturated heterocycles. The summed E-state index contributed by atoms with van der Waals surface area (Å²) in [6, 6.07) is -0.164. The second-order valence-corrected chi connectivity index (χ2v) is 2.77. The number of hydrogen-bond acceptors (Lipinski definition) is 3. The van der Waals surface area contributed by atoms with Gasteiger partial charge in [0.1, 0.15) is 0 Å². The van der Waals surface area contributed by atoms with Crippen LogP contribution in [-0.4, -0.2) is 11.9 Å². The van der Waals surface area contributed by atoms with Crippen molar-refractivity contribution >= 4 is 5.91 Å². The van der Waals surface area contributed by atoms with Crippen molar-refractivity contribution in [2.24, 2.45) is 11.7 Å². The summed E-state index contributed by atoms with van der Waals surface area (Å²) in [5.41, 5.74) is 5.58. The molecular formula is C7H13N3O. The molecule has 0 heterocycles. The maximum Gasteiger partial charge on any atom is 0.234 e. The highest BCUT2D eigenvalue weighted by molar-refractivity contribution is 5.77. The van der Waals surface area contributed by atoms with E-state index in [9.17, 15) is 4.79 Å². The van der Waals surface area contributed by atoms with Crippen LogP contribution in [0.1, 0.15) is 20.3 Å². The van der Waals surface area contributed by atoms with E-state index in [4.69, 9.17) is 11.0 Å². The van der Waals surface area contributed by atoms with E-state index >= 15 is 0 Å². The fourth-order valence-electron chi connectivity index (χ4n) is 0.563. The Hall–Kier alpha value is -1.08. The Balaban J connectivity index is 3.68. The van der Waals surface area contributed by atoms with Crippen LogP contribution in [0.15, 0.2) is 0 Å². The first-order chi connectivity index (χ1) is 5.07. The standard InChI is InChI=1S/C7H13N3O/c1-5(2)6(9)3-7(11)10-4-8/h5-6H,3,9H2,1-2H3,(H,10,11). The molecule has 4 heteroatoms. The van der Waals surface area contributed by atoms with Crippen LogP contribution in [0.3, 0.4) is 0 Å². The van der Waals surface area contributed by atoms with E-state index < -0.39 is 0 Å². The molecule has 3 N–H and O–H groups in total. The molecule has 62 valence electrons. The third kappa shape index (κ3) is 4.34. The van der Waals surface area contributed by atoms with Gasteiger partial charge in [0.25, 0.3) is 0 Å². The molecule has 0 aliphatic rings. The molecule has 0 spiro atoms. The normalized spacial score (nSPS) is 12.3. The molecule has 1 amide bonds. The number of nitrogens with two attached hydrogens (primary N) is 1. The van der Waals surface area contributed by atoms with Crippen LogP contribution in [0.2, 0.25) is 0 Å².